The van der Waals surface area contributed by atoms with Crippen molar-refractivity contribution >= 4 is 95.8 Å². The number of ether oxygens (including phenoxy) is 3. The highest BCUT2D eigenvalue weighted by atomic mass is 16.5. The van der Waals surface area contributed by atoms with E-state index in [1.54, 1.807) is 0 Å². The number of morpholine rings is 1. The van der Waals surface area contributed by atoms with Crippen LogP contribution in [-0.2, 0) is 27.3 Å². The Morgan fingerprint density at radius 2 is 0.750 bits per heavy atom. The first-order valence-electron chi connectivity index (χ1n) is 49.6. The molecular weight excluding hydrogens is 1810 g/mol. The third-order valence-corrected chi connectivity index (χ3v) is 26.1. The first-order chi connectivity index (χ1) is 69.9. The zero-order valence-electron chi connectivity index (χ0n) is 84.2. The quantitative estimate of drug-likeness (QED) is 0.0436. The molecule has 1 aromatic carbocycles. The standard InChI is InChI=1S/C27H32N10O.C27H30N8O.C26H29N9O.C25H29N9/c1-16(2)30-25-27-34-33-19(5)36(27)14-22(31-25)26-32-21-13-29-24(35-10-11-38-15-17(35)3)12-23(21)37(26)18(4)20-8-6-7-9-28-20;1-17(2)29-25-27-33-32-18(3)34(27)16-23(30-25)26-31-22-8-7-20(19-9-12-36-13-10-19)14-24(22)35(26)15-21-6-4-5-11-28-21;1-16(2)29-24-26-33-32-17(3)34(26)15-22(30-24)25-31-21-13-28-20(18-7-10-36-11-8-18)12-23(21)35(25)14-19-6-4-5-9-27-19;1-14(2)19-11-22-20(12-27-19)30-24(34(22)16(5)18-9-7-8-10-26-18)21-13-33-17(6)31-32-25(33)23(29-21)28-15(3)4/h6-9,12-14,16-18H,10-11,15H2,1-5H3,(H,30,31);4-8,11,14,16-17,19H,9-10,12-13,15H2,1-3H3,(H,29,30);4-6,9,12-13,15-16,18H,7-8,10-11,14H2,1-3H3,(H,29,30);7-16H,1-6H3,(H,28,29)/t17-,18-;;;16-/m0..0/s1. The van der Waals surface area contributed by atoms with E-state index in [1.807, 2.05) is 186 Å². The minimum atomic E-state index is -0.102. The molecule has 22 heterocycles. The van der Waals surface area contributed by atoms with Gasteiger partial charge in [0, 0.05) is 130 Å². The van der Waals surface area contributed by atoms with Gasteiger partial charge < -0.3 is 58.6 Å². The molecule has 144 heavy (non-hydrogen) atoms. The van der Waals surface area contributed by atoms with Gasteiger partial charge in [-0.2, -0.15) is 0 Å². The Bertz CT molecular complexity index is 7720. The van der Waals surface area contributed by atoms with Crippen molar-refractivity contribution in [3.63, 3.8) is 0 Å². The van der Waals surface area contributed by atoms with Crippen molar-refractivity contribution in [1.29, 1.82) is 0 Å². The molecule has 3 fully saturated rings. The van der Waals surface area contributed by atoms with E-state index in [-0.39, 0.29) is 42.3 Å². The first kappa shape index (κ1) is 95.8. The van der Waals surface area contributed by atoms with Crippen molar-refractivity contribution in [3.05, 3.63) is 240 Å². The number of imidazole rings is 4. The number of pyridine rings is 7. The number of hydrogen-bond donors (Lipinski definition) is 4. The molecule has 19 aromatic heterocycles. The van der Waals surface area contributed by atoms with Crippen LogP contribution in [0.25, 0.3) is 113 Å². The lowest BCUT2D eigenvalue weighted by Crippen LogP contribution is -2.44. The van der Waals surface area contributed by atoms with Crippen LogP contribution in [0.5, 0.6) is 0 Å². The van der Waals surface area contributed by atoms with Crippen LogP contribution in [0.15, 0.2) is 177 Å². The number of aromatic nitrogens is 31. The molecule has 738 valence electrons. The predicted molar refractivity (Wildman–Crippen MR) is 555 cm³/mol. The Kier molecular flexibility index (Phi) is 27.5. The summed E-state index contributed by atoms with van der Waals surface area (Å²) in [6.07, 6.45) is 24.8. The number of hydrogen-bond acceptors (Lipinski definition) is 31. The van der Waals surface area contributed by atoms with Crippen LogP contribution in [0.1, 0.15) is 209 Å². The van der Waals surface area contributed by atoms with Crippen LogP contribution in [0.3, 0.4) is 0 Å². The third-order valence-electron chi connectivity index (χ3n) is 26.1. The molecule has 0 aliphatic carbocycles. The van der Waals surface area contributed by atoms with E-state index < -0.39 is 0 Å². The van der Waals surface area contributed by atoms with Crippen molar-refractivity contribution in [1.82, 2.24) is 151 Å². The Labute approximate surface area is 832 Å². The monoisotopic (exact) mass is 1930 g/mol. The Morgan fingerprint density at radius 1 is 0.354 bits per heavy atom. The average molecular weight is 1930 g/mol. The molecule has 3 atom stereocenters. The molecule has 20 aromatic rings. The second-order valence-corrected chi connectivity index (χ2v) is 38.5. The smallest absolute Gasteiger partial charge is 0.203 e. The normalized spacial score (nSPS) is 14.9. The van der Waals surface area contributed by atoms with Gasteiger partial charge in [-0.25, -0.2) is 44.9 Å². The summed E-state index contributed by atoms with van der Waals surface area (Å²) in [6.45, 7) is 41.6. The minimum Gasteiger partial charge on any atom is -0.381 e. The van der Waals surface area contributed by atoms with Crippen LogP contribution in [0.4, 0.5) is 29.1 Å². The maximum atomic E-state index is 5.66. The van der Waals surface area contributed by atoms with Crippen LogP contribution in [-0.4, -0.2) is 228 Å². The summed E-state index contributed by atoms with van der Waals surface area (Å²) in [5, 5.41) is 48.1. The van der Waals surface area contributed by atoms with Gasteiger partial charge in [0.25, 0.3) is 0 Å². The van der Waals surface area contributed by atoms with Gasteiger partial charge in [0.2, 0.25) is 22.6 Å². The van der Waals surface area contributed by atoms with Gasteiger partial charge in [0.1, 0.15) is 68.4 Å². The lowest BCUT2D eigenvalue weighted by atomic mass is 9.91. The second-order valence-electron chi connectivity index (χ2n) is 38.5. The highest BCUT2D eigenvalue weighted by Gasteiger charge is 2.32. The van der Waals surface area contributed by atoms with E-state index in [2.05, 4.69) is 237 Å². The van der Waals surface area contributed by atoms with E-state index in [0.29, 0.717) is 95.6 Å². The van der Waals surface area contributed by atoms with Gasteiger partial charge in [-0.05, 0) is 220 Å². The van der Waals surface area contributed by atoms with Gasteiger partial charge in [0.15, 0.2) is 46.6 Å². The van der Waals surface area contributed by atoms with Crippen LogP contribution in [0, 0.1) is 27.7 Å². The van der Waals surface area contributed by atoms with Crippen molar-refractivity contribution in [2.75, 3.05) is 72.4 Å². The molecule has 0 saturated carbocycles. The lowest BCUT2D eigenvalue weighted by molar-refractivity contribution is 0.0845. The summed E-state index contributed by atoms with van der Waals surface area (Å²) in [5.41, 5.74) is 20.4. The predicted octanol–water partition coefficient (Wildman–Crippen LogP) is 17.3. The molecule has 39 heteroatoms. The molecule has 0 amide bonds. The lowest BCUT2D eigenvalue weighted by Gasteiger charge is -2.34. The molecule has 0 spiro atoms. The van der Waals surface area contributed by atoms with Gasteiger partial charge >= 0.3 is 0 Å². The van der Waals surface area contributed by atoms with Crippen LogP contribution >= 0.6 is 0 Å². The minimum absolute atomic E-state index is 0.0652. The van der Waals surface area contributed by atoms with Crippen LogP contribution in [0.2, 0.25) is 0 Å². The first-order valence-corrected chi connectivity index (χ1v) is 49.6. The topological polar surface area (TPSA) is 413 Å². The maximum Gasteiger partial charge on any atom is 0.203 e. The summed E-state index contributed by atoms with van der Waals surface area (Å²) in [4.78, 5) is 75.0. The Balaban J connectivity index is 0.000000117. The number of aryl methyl sites for hydroxylation is 4. The zero-order chi connectivity index (χ0) is 99.7. The number of rotatable bonds is 24. The summed E-state index contributed by atoms with van der Waals surface area (Å²) in [7, 11) is 0. The molecule has 3 aliphatic rings. The molecule has 3 aliphatic heterocycles. The van der Waals surface area contributed by atoms with Gasteiger partial charge in [0.05, 0.1) is 113 Å². The fraction of sp³-hybridized carbons (Fsp3) is 0.381. The molecule has 4 N–H and O–H groups in total. The maximum absolute atomic E-state index is 5.66. The highest BCUT2D eigenvalue weighted by molar-refractivity contribution is 5.86. The van der Waals surface area contributed by atoms with Gasteiger partial charge in [-0.15, -0.1) is 40.8 Å². The molecule has 0 bridgehead atoms. The number of nitrogens with one attached hydrogen (secondary N) is 4. The summed E-state index contributed by atoms with van der Waals surface area (Å²) in [6, 6.07) is 37.8. The van der Waals surface area contributed by atoms with Gasteiger partial charge in [-0.3, -0.25) is 47.5 Å². The number of anilines is 5. The summed E-state index contributed by atoms with van der Waals surface area (Å²) < 4.78 is 33.5. The highest BCUT2D eigenvalue weighted by Crippen LogP contribution is 2.40. The summed E-state index contributed by atoms with van der Waals surface area (Å²) in [5.74, 6) is 11.0. The second kappa shape index (κ2) is 41.4. The number of benzene rings is 1. The van der Waals surface area contributed by atoms with E-state index in [9.17, 15) is 0 Å². The summed E-state index contributed by atoms with van der Waals surface area (Å²) >= 11 is 0. The van der Waals surface area contributed by atoms with E-state index in [1.165, 1.54) is 5.56 Å². The number of fused-ring (bicyclic) bond motifs is 8. The van der Waals surface area contributed by atoms with Gasteiger partial charge in [-0.1, -0.05) is 44.2 Å². The van der Waals surface area contributed by atoms with Crippen molar-refractivity contribution in [2.24, 2.45) is 0 Å². The van der Waals surface area contributed by atoms with Crippen molar-refractivity contribution in [3.8, 4) is 46.1 Å². The number of nitrogens with zero attached hydrogens (tertiary/aromatic N) is 32. The average Bonchev–Trinajstić information content (AvgIpc) is 1.63. The van der Waals surface area contributed by atoms with E-state index in [4.69, 9.17) is 64.1 Å². The molecule has 23 rings (SSSR count). The third kappa shape index (κ3) is 19.9. The Morgan fingerprint density at radius 3 is 1.17 bits per heavy atom. The molecule has 39 nitrogen and oxygen atoms in total. The fourth-order valence-corrected chi connectivity index (χ4v) is 18.8. The SMILES string of the molecule is Cc1nnc2c(NC(C)C)nc(-c3nc4ccc(C5CCOCC5)cc4n3Cc3ccccn3)cn12.Cc1nnc2c(NC(C)C)nc(-c3nc4cnc(C(C)C)cc4n3[C@@H](C)c3ccccn3)cn12.Cc1nnc2c(NC(C)C)nc(-c3nc4cnc(C5CCOCC5)cc4n3Cc3ccccn3)cn12.Cc1nnc2c(NC(C)C)nc(-c3nc4cnc(N5CCOC[C@@H]5C)cc4n3[C@@H](C)c3ccccn3)cn12. The van der Waals surface area contributed by atoms with E-state index in [0.717, 1.165) is 206 Å². The van der Waals surface area contributed by atoms with Crippen molar-refractivity contribution < 1.29 is 14.2 Å². The van der Waals surface area contributed by atoms with E-state index >= 15 is 0 Å². The van der Waals surface area contributed by atoms with Crippen LogP contribution < -0.4 is 26.2 Å². The molecule has 0 unspecified atom stereocenters. The molecular formula is C105H120N36O3. The molecule has 0 radical (unpaired) electrons. The Hall–Kier alpha value is -15.8. The molecule has 3 saturated heterocycles. The zero-order valence-corrected chi connectivity index (χ0v) is 84.2. The van der Waals surface area contributed by atoms with Crippen molar-refractivity contribution in [2.45, 2.75) is 217 Å². The fourth-order valence-electron chi connectivity index (χ4n) is 18.8. The largest absolute Gasteiger partial charge is 0.381 e.